The molecule has 0 aliphatic carbocycles. The Kier molecular flexibility index (Phi) is 4.17. The van der Waals surface area contributed by atoms with Crippen molar-refractivity contribution in [2.75, 3.05) is 6.54 Å². The minimum atomic E-state index is -1.06. The topological polar surface area (TPSA) is 49.3 Å². The first-order chi connectivity index (χ1) is 7.83. The predicted octanol–water partition coefficient (Wildman–Crippen LogP) is 1.96. The molecule has 3 nitrogen and oxygen atoms in total. The third-order valence-corrected chi connectivity index (χ3v) is 2.51. The maximum absolute atomic E-state index is 13.2. The van der Waals surface area contributed by atoms with Crippen LogP contribution in [0.2, 0.25) is 0 Å². The van der Waals surface area contributed by atoms with Crippen molar-refractivity contribution in [3.63, 3.8) is 0 Å². The average molecular weight is 243 g/mol. The molecule has 1 rings (SSSR count). The van der Waals surface area contributed by atoms with Gasteiger partial charge in [0.25, 0.3) is 0 Å². The van der Waals surface area contributed by atoms with E-state index in [1.807, 2.05) is 0 Å². The van der Waals surface area contributed by atoms with Crippen LogP contribution in [0.3, 0.4) is 0 Å². The Morgan fingerprint density at radius 2 is 2.06 bits per heavy atom. The quantitative estimate of drug-likeness (QED) is 0.831. The van der Waals surface area contributed by atoms with Crippen molar-refractivity contribution < 1.29 is 18.7 Å². The van der Waals surface area contributed by atoms with E-state index in [1.54, 1.807) is 0 Å². The number of halogens is 2. The average Bonchev–Trinajstić information content (AvgIpc) is 2.21. The molecule has 0 saturated carbocycles. The van der Waals surface area contributed by atoms with E-state index in [0.717, 1.165) is 6.07 Å². The number of aliphatic carboxylic acids is 1. The maximum atomic E-state index is 13.2. The summed E-state index contributed by atoms with van der Waals surface area (Å²) >= 11 is 0. The Balaban J connectivity index is 2.54. The van der Waals surface area contributed by atoms with Crippen molar-refractivity contribution in [1.29, 1.82) is 0 Å². The number of hydrogen-bond acceptors (Lipinski definition) is 2. The van der Waals surface area contributed by atoms with E-state index >= 15 is 0 Å². The second kappa shape index (κ2) is 5.23. The summed E-state index contributed by atoms with van der Waals surface area (Å²) in [5.41, 5.74) is -0.698. The van der Waals surface area contributed by atoms with Crippen LogP contribution in [0, 0.1) is 11.6 Å². The highest BCUT2D eigenvalue weighted by atomic mass is 19.1. The Labute approximate surface area is 98.5 Å². The number of carbonyl (C=O) groups is 1. The summed E-state index contributed by atoms with van der Waals surface area (Å²) in [6.07, 6.45) is 0.308. The molecule has 94 valence electrons. The highest BCUT2D eigenvalue weighted by Crippen LogP contribution is 2.10. The normalized spacial score (nSPS) is 11.5. The third kappa shape index (κ3) is 3.78. The lowest BCUT2D eigenvalue weighted by atomic mass is 10.1. The molecule has 17 heavy (non-hydrogen) atoms. The third-order valence-electron chi connectivity index (χ3n) is 2.51. The van der Waals surface area contributed by atoms with Gasteiger partial charge in [-0.3, -0.25) is 4.79 Å². The van der Waals surface area contributed by atoms with Crippen molar-refractivity contribution in [3.8, 4) is 0 Å². The van der Waals surface area contributed by atoms with Gasteiger partial charge < -0.3 is 10.4 Å². The predicted molar refractivity (Wildman–Crippen MR) is 59.8 cm³/mol. The van der Waals surface area contributed by atoms with Gasteiger partial charge in [-0.1, -0.05) is 6.07 Å². The van der Waals surface area contributed by atoms with Crippen LogP contribution in [0.4, 0.5) is 8.78 Å². The van der Waals surface area contributed by atoms with Gasteiger partial charge in [0.1, 0.15) is 17.2 Å². The molecule has 0 saturated heterocycles. The van der Waals surface area contributed by atoms with E-state index in [2.05, 4.69) is 5.32 Å². The molecule has 0 radical (unpaired) electrons. The largest absolute Gasteiger partial charge is 0.480 e. The minimum Gasteiger partial charge on any atom is -0.480 e. The molecule has 0 aliphatic rings. The van der Waals surface area contributed by atoms with Crippen LogP contribution in [0.25, 0.3) is 0 Å². The summed E-state index contributed by atoms with van der Waals surface area (Å²) in [6.45, 7) is 3.36. The molecule has 0 amide bonds. The molecule has 0 atom stereocenters. The molecule has 0 fully saturated rings. The van der Waals surface area contributed by atoms with Crippen LogP contribution in [-0.4, -0.2) is 23.2 Å². The molecular formula is C12H15F2NO2. The fourth-order valence-corrected chi connectivity index (χ4v) is 1.31. The Morgan fingerprint density at radius 3 is 2.59 bits per heavy atom. The Hall–Kier alpha value is -1.49. The maximum Gasteiger partial charge on any atom is 0.323 e. The zero-order valence-electron chi connectivity index (χ0n) is 9.76. The lowest BCUT2D eigenvalue weighted by molar-refractivity contribution is -0.143. The monoisotopic (exact) mass is 243 g/mol. The fourth-order valence-electron chi connectivity index (χ4n) is 1.31. The number of carboxylic acid groups (broad SMARTS) is 1. The Bertz CT molecular complexity index is 419. The van der Waals surface area contributed by atoms with E-state index in [9.17, 15) is 13.6 Å². The van der Waals surface area contributed by atoms with Gasteiger partial charge in [-0.15, -0.1) is 0 Å². The van der Waals surface area contributed by atoms with Gasteiger partial charge in [-0.2, -0.15) is 0 Å². The van der Waals surface area contributed by atoms with Gasteiger partial charge in [-0.25, -0.2) is 8.78 Å². The highest BCUT2D eigenvalue weighted by molar-refractivity contribution is 5.77. The van der Waals surface area contributed by atoms with Crippen molar-refractivity contribution in [2.24, 2.45) is 0 Å². The van der Waals surface area contributed by atoms with Gasteiger partial charge in [0, 0.05) is 12.6 Å². The molecule has 0 bridgehead atoms. The second-order valence-corrected chi connectivity index (χ2v) is 4.34. The molecule has 0 aromatic heterocycles. The smallest absolute Gasteiger partial charge is 0.323 e. The molecule has 5 heteroatoms. The van der Waals surface area contributed by atoms with Crippen molar-refractivity contribution >= 4 is 5.97 Å². The first kappa shape index (κ1) is 13.6. The zero-order chi connectivity index (χ0) is 13.1. The van der Waals surface area contributed by atoms with Crippen LogP contribution in [0.5, 0.6) is 0 Å². The van der Waals surface area contributed by atoms with Crippen LogP contribution in [-0.2, 0) is 11.2 Å². The first-order valence-corrected chi connectivity index (χ1v) is 5.25. The van der Waals surface area contributed by atoms with Crippen molar-refractivity contribution in [1.82, 2.24) is 5.32 Å². The van der Waals surface area contributed by atoms with Crippen molar-refractivity contribution in [2.45, 2.75) is 25.8 Å². The summed E-state index contributed by atoms with van der Waals surface area (Å²) in [4.78, 5) is 10.8. The van der Waals surface area contributed by atoms with Crippen LogP contribution in [0.1, 0.15) is 19.4 Å². The standard InChI is InChI=1S/C12H15F2NO2/c1-12(2,11(16)17)15-6-5-8-3-4-9(13)7-10(8)14/h3-4,7,15H,5-6H2,1-2H3,(H,16,17). The van der Waals surface area contributed by atoms with Gasteiger partial charge >= 0.3 is 5.97 Å². The minimum absolute atomic E-state index is 0.307. The zero-order valence-corrected chi connectivity index (χ0v) is 9.76. The summed E-state index contributed by atoms with van der Waals surface area (Å²) in [7, 11) is 0. The molecule has 2 N–H and O–H groups in total. The number of nitrogens with one attached hydrogen (secondary N) is 1. The van der Waals surface area contributed by atoms with Gasteiger partial charge in [0.2, 0.25) is 0 Å². The molecule has 0 spiro atoms. The van der Waals surface area contributed by atoms with E-state index in [4.69, 9.17) is 5.11 Å². The number of benzene rings is 1. The summed E-state index contributed by atoms with van der Waals surface area (Å²) in [5, 5.41) is 11.6. The number of hydrogen-bond donors (Lipinski definition) is 2. The van der Waals surface area contributed by atoms with Crippen molar-refractivity contribution in [3.05, 3.63) is 35.4 Å². The van der Waals surface area contributed by atoms with Gasteiger partial charge in [0.15, 0.2) is 0 Å². The van der Waals surface area contributed by atoms with Crippen LogP contribution in [0.15, 0.2) is 18.2 Å². The number of rotatable bonds is 5. The molecule has 0 heterocycles. The lowest BCUT2D eigenvalue weighted by Crippen LogP contribution is -2.47. The highest BCUT2D eigenvalue weighted by Gasteiger charge is 2.25. The summed E-state index contributed by atoms with van der Waals surface area (Å²) in [6, 6.07) is 3.36. The number of carboxylic acids is 1. The van der Waals surface area contributed by atoms with E-state index < -0.39 is 23.1 Å². The fraction of sp³-hybridized carbons (Fsp3) is 0.417. The molecule has 1 aromatic carbocycles. The molecule has 1 aromatic rings. The molecule has 0 aliphatic heterocycles. The Morgan fingerprint density at radius 1 is 1.41 bits per heavy atom. The van der Waals surface area contributed by atoms with Gasteiger partial charge in [-0.05, 0) is 31.9 Å². The van der Waals surface area contributed by atoms with Crippen LogP contribution >= 0.6 is 0 Å². The van der Waals surface area contributed by atoms with Gasteiger partial charge in [0.05, 0.1) is 0 Å². The van der Waals surface area contributed by atoms with E-state index in [-0.39, 0.29) is 0 Å². The lowest BCUT2D eigenvalue weighted by Gasteiger charge is -2.20. The van der Waals surface area contributed by atoms with E-state index in [0.29, 0.717) is 18.5 Å². The van der Waals surface area contributed by atoms with E-state index in [1.165, 1.54) is 26.0 Å². The summed E-state index contributed by atoms with van der Waals surface area (Å²) < 4.78 is 25.9. The molecule has 0 unspecified atom stereocenters. The SMILES string of the molecule is CC(C)(NCCc1ccc(F)cc1F)C(=O)O. The summed E-state index contributed by atoms with van der Waals surface area (Å²) in [5.74, 6) is -2.21. The van der Waals surface area contributed by atoms with Crippen LogP contribution < -0.4 is 5.32 Å². The molecular weight excluding hydrogens is 228 g/mol. The first-order valence-electron chi connectivity index (χ1n) is 5.25. The second-order valence-electron chi connectivity index (χ2n) is 4.34.